The second-order valence-electron chi connectivity index (χ2n) is 5.00. The standard InChI is InChI=1S/C16H12ClFN2O7/c1-25-13-5-8(4-10(17)15(13)26-7-14(19)21)16(22)27-12-6-9(18)2-3-11(12)20(23)24/h2-6H,7H2,1H3,(H2,19,21). The largest absolute Gasteiger partial charge is 0.493 e. The van der Waals surface area contributed by atoms with E-state index >= 15 is 0 Å². The molecule has 2 aromatic carbocycles. The van der Waals surface area contributed by atoms with E-state index in [9.17, 15) is 24.1 Å². The van der Waals surface area contributed by atoms with Crippen LogP contribution in [0.25, 0.3) is 0 Å². The molecule has 2 N–H and O–H groups in total. The van der Waals surface area contributed by atoms with E-state index in [-0.39, 0.29) is 22.1 Å². The summed E-state index contributed by atoms with van der Waals surface area (Å²) in [6.07, 6.45) is 0. The number of primary amides is 1. The Morgan fingerprint density at radius 2 is 1.96 bits per heavy atom. The first kappa shape index (κ1) is 19.9. The van der Waals surface area contributed by atoms with E-state index in [1.54, 1.807) is 0 Å². The van der Waals surface area contributed by atoms with Crippen LogP contribution >= 0.6 is 11.6 Å². The Kier molecular flexibility index (Phi) is 6.14. The summed E-state index contributed by atoms with van der Waals surface area (Å²) in [5.74, 6) is -3.25. The molecule has 2 aromatic rings. The summed E-state index contributed by atoms with van der Waals surface area (Å²) in [4.78, 5) is 33.3. The van der Waals surface area contributed by atoms with Gasteiger partial charge in [-0.2, -0.15) is 0 Å². The van der Waals surface area contributed by atoms with Crippen molar-refractivity contribution in [3.05, 3.63) is 56.8 Å². The lowest BCUT2D eigenvalue weighted by atomic mass is 10.2. The van der Waals surface area contributed by atoms with Crippen LogP contribution in [0.4, 0.5) is 10.1 Å². The number of nitrogens with two attached hydrogens (primary N) is 1. The molecule has 142 valence electrons. The number of nitro benzene ring substituents is 1. The molecular weight excluding hydrogens is 387 g/mol. The number of halogens is 2. The molecule has 0 aliphatic heterocycles. The van der Waals surface area contributed by atoms with E-state index in [0.717, 1.165) is 18.2 Å². The first-order valence-electron chi connectivity index (χ1n) is 7.17. The quantitative estimate of drug-likeness (QED) is 0.328. The van der Waals surface area contributed by atoms with Gasteiger partial charge in [0.25, 0.3) is 5.91 Å². The van der Waals surface area contributed by atoms with Crippen molar-refractivity contribution in [2.75, 3.05) is 13.7 Å². The summed E-state index contributed by atoms with van der Waals surface area (Å²) < 4.78 is 28.4. The molecule has 9 nitrogen and oxygen atoms in total. The second-order valence-corrected chi connectivity index (χ2v) is 5.41. The highest BCUT2D eigenvalue weighted by Gasteiger charge is 2.22. The number of methoxy groups -OCH3 is 1. The van der Waals surface area contributed by atoms with Gasteiger partial charge in [-0.15, -0.1) is 0 Å². The number of carbonyl (C=O) groups is 2. The van der Waals surface area contributed by atoms with Crippen LogP contribution in [0.15, 0.2) is 30.3 Å². The summed E-state index contributed by atoms with van der Waals surface area (Å²) in [5.41, 5.74) is 4.24. The minimum Gasteiger partial charge on any atom is -0.493 e. The lowest BCUT2D eigenvalue weighted by Gasteiger charge is -2.13. The molecule has 2 rings (SSSR count). The maximum absolute atomic E-state index is 13.3. The van der Waals surface area contributed by atoms with Crippen molar-refractivity contribution in [3.8, 4) is 17.2 Å². The van der Waals surface area contributed by atoms with Crippen molar-refractivity contribution in [1.29, 1.82) is 0 Å². The van der Waals surface area contributed by atoms with Crippen LogP contribution < -0.4 is 19.9 Å². The van der Waals surface area contributed by atoms with Crippen molar-refractivity contribution in [2.24, 2.45) is 5.73 Å². The molecule has 1 amide bonds. The summed E-state index contributed by atoms with van der Waals surface area (Å²) in [6, 6.07) is 4.75. The van der Waals surface area contributed by atoms with Crippen molar-refractivity contribution >= 4 is 29.2 Å². The molecule has 0 spiro atoms. The lowest BCUT2D eigenvalue weighted by Crippen LogP contribution is -2.20. The normalized spacial score (nSPS) is 10.2. The maximum atomic E-state index is 13.3. The van der Waals surface area contributed by atoms with E-state index in [4.69, 9.17) is 31.5 Å². The fraction of sp³-hybridized carbons (Fsp3) is 0.125. The molecule has 0 bridgehead atoms. The molecule has 0 radical (unpaired) electrons. The number of benzene rings is 2. The zero-order chi connectivity index (χ0) is 20.1. The highest BCUT2D eigenvalue weighted by Crippen LogP contribution is 2.37. The van der Waals surface area contributed by atoms with Crippen molar-refractivity contribution in [3.63, 3.8) is 0 Å². The van der Waals surface area contributed by atoms with E-state index < -0.39 is 40.7 Å². The molecule has 0 aliphatic rings. The minimum absolute atomic E-state index is 0.00978. The van der Waals surface area contributed by atoms with Crippen LogP contribution in [-0.2, 0) is 4.79 Å². The summed E-state index contributed by atoms with van der Waals surface area (Å²) in [7, 11) is 1.26. The monoisotopic (exact) mass is 398 g/mol. The van der Waals surface area contributed by atoms with Gasteiger partial charge < -0.3 is 19.9 Å². The van der Waals surface area contributed by atoms with Crippen LogP contribution in [0.1, 0.15) is 10.4 Å². The highest BCUT2D eigenvalue weighted by molar-refractivity contribution is 6.32. The average Bonchev–Trinajstić information content (AvgIpc) is 2.59. The fourth-order valence-corrected chi connectivity index (χ4v) is 2.27. The molecule has 11 heteroatoms. The van der Waals surface area contributed by atoms with Crippen LogP contribution in [0.2, 0.25) is 5.02 Å². The van der Waals surface area contributed by atoms with Gasteiger partial charge >= 0.3 is 11.7 Å². The average molecular weight is 399 g/mol. The number of nitrogens with zero attached hydrogens (tertiary/aromatic N) is 1. The molecule has 0 fully saturated rings. The number of hydrogen-bond acceptors (Lipinski definition) is 7. The minimum atomic E-state index is -1.05. The third-order valence-corrected chi connectivity index (χ3v) is 3.43. The Hall–Kier alpha value is -3.40. The van der Waals surface area contributed by atoms with Gasteiger partial charge in [-0.3, -0.25) is 14.9 Å². The zero-order valence-corrected chi connectivity index (χ0v) is 14.5. The summed E-state index contributed by atoms with van der Waals surface area (Å²) >= 11 is 6.02. The van der Waals surface area contributed by atoms with Gasteiger partial charge in [0.05, 0.1) is 22.6 Å². The maximum Gasteiger partial charge on any atom is 0.343 e. The number of carbonyl (C=O) groups excluding carboxylic acids is 2. The van der Waals surface area contributed by atoms with Gasteiger partial charge in [0.15, 0.2) is 18.1 Å². The number of amides is 1. The highest BCUT2D eigenvalue weighted by atomic mass is 35.5. The van der Waals surface area contributed by atoms with Crippen molar-refractivity contribution in [1.82, 2.24) is 0 Å². The van der Waals surface area contributed by atoms with Gasteiger partial charge in [0.1, 0.15) is 5.82 Å². The van der Waals surface area contributed by atoms with Gasteiger partial charge in [0.2, 0.25) is 5.75 Å². The van der Waals surface area contributed by atoms with E-state index in [1.807, 2.05) is 0 Å². The fourth-order valence-electron chi connectivity index (χ4n) is 2.00. The molecule has 0 heterocycles. The number of esters is 1. The second kappa shape index (κ2) is 8.32. The lowest BCUT2D eigenvalue weighted by molar-refractivity contribution is -0.385. The van der Waals surface area contributed by atoms with Gasteiger partial charge in [0, 0.05) is 12.1 Å². The van der Waals surface area contributed by atoms with Gasteiger partial charge in [-0.25, -0.2) is 9.18 Å². The van der Waals surface area contributed by atoms with Crippen LogP contribution in [0.5, 0.6) is 17.2 Å². The number of rotatable bonds is 7. The molecule has 0 saturated heterocycles. The first-order chi connectivity index (χ1) is 12.7. The van der Waals surface area contributed by atoms with E-state index in [2.05, 4.69) is 0 Å². The Balaban J connectivity index is 2.35. The third-order valence-electron chi connectivity index (χ3n) is 3.15. The molecule has 0 saturated carbocycles. The smallest absolute Gasteiger partial charge is 0.343 e. The zero-order valence-electron chi connectivity index (χ0n) is 13.7. The predicted molar refractivity (Wildman–Crippen MR) is 90.7 cm³/mol. The Bertz CT molecular complexity index is 920. The molecule has 0 atom stereocenters. The first-order valence-corrected chi connectivity index (χ1v) is 7.55. The molecule has 0 aliphatic carbocycles. The van der Waals surface area contributed by atoms with Crippen molar-refractivity contribution in [2.45, 2.75) is 0 Å². The van der Waals surface area contributed by atoms with Crippen LogP contribution in [-0.4, -0.2) is 30.5 Å². The summed E-state index contributed by atoms with van der Waals surface area (Å²) in [5, 5.41) is 10.9. The third kappa shape index (κ3) is 4.82. The molecule has 0 aromatic heterocycles. The van der Waals surface area contributed by atoms with E-state index in [0.29, 0.717) is 6.07 Å². The topological polar surface area (TPSA) is 131 Å². The molecule has 0 unspecified atom stereocenters. The number of hydrogen-bond donors (Lipinski definition) is 1. The molecular formula is C16H12ClFN2O7. The van der Waals surface area contributed by atoms with Crippen molar-refractivity contribution < 1.29 is 33.1 Å². The number of ether oxygens (including phenoxy) is 3. The van der Waals surface area contributed by atoms with Crippen LogP contribution in [0, 0.1) is 15.9 Å². The Morgan fingerprint density at radius 3 is 2.56 bits per heavy atom. The van der Waals surface area contributed by atoms with E-state index in [1.165, 1.54) is 13.2 Å². The Morgan fingerprint density at radius 1 is 1.26 bits per heavy atom. The number of nitro groups is 1. The molecule has 27 heavy (non-hydrogen) atoms. The van der Waals surface area contributed by atoms with Gasteiger partial charge in [-0.05, 0) is 18.2 Å². The SMILES string of the molecule is COc1cc(C(=O)Oc2cc(F)ccc2[N+](=O)[O-])cc(Cl)c1OCC(N)=O. The Labute approximate surface area is 156 Å². The van der Waals surface area contributed by atoms with Crippen LogP contribution in [0.3, 0.4) is 0 Å². The van der Waals surface area contributed by atoms with Gasteiger partial charge in [-0.1, -0.05) is 11.6 Å². The predicted octanol–water partition coefficient (Wildman–Crippen LogP) is 2.48. The summed E-state index contributed by atoms with van der Waals surface area (Å²) in [6.45, 7) is -0.477.